The van der Waals surface area contributed by atoms with Crippen molar-refractivity contribution < 1.29 is 4.79 Å². The average Bonchev–Trinajstić information content (AvgIpc) is 2.94. The molecule has 0 aliphatic carbocycles. The SMILES string of the molecule is O=C(NCc1cccc(Br)c1)c1cnc2sc(N3CCCCCC3)nn2c1=O. The van der Waals surface area contributed by atoms with E-state index in [1.54, 1.807) is 0 Å². The lowest BCUT2D eigenvalue weighted by Gasteiger charge is -2.17. The van der Waals surface area contributed by atoms with Gasteiger partial charge >= 0.3 is 0 Å². The molecule has 0 bridgehead atoms. The van der Waals surface area contributed by atoms with E-state index in [9.17, 15) is 9.59 Å². The first-order valence-corrected chi connectivity index (χ1v) is 10.9. The smallest absolute Gasteiger partial charge is 0.288 e. The summed E-state index contributed by atoms with van der Waals surface area (Å²) in [5, 5.41) is 8.02. The Kier molecular flexibility index (Phi) is 5.72. The molecule has 7 nitrogen and oxygen atoms in total. The predicted molar refractivity (Wildman–Crippen MR) is 113 cm³/mol. The maximum absolute atomic E-state index is 12.8. The van der Waals surface area contributed by atoms with Gasteiger partial charge in [-0.2, -0.15) is 4.52 Å². The van der Waals surface area contributed by atoms with Gasteiger partial charge in [-0.25, -0.2) is 4.98 Å². The number of benzene rings is 1. The second kappa shape index (κ2) is 8.40. The molecule has 3 aromatic rings. The molecule has 1 N–H and O–H groups in total. The third-order valence-electron chi connectivity index (χ3n) is 4.74. The molecule has 9 heteroatoms. The minimum atomic E-state index is -0.448. The lowest BCUT2D eigenvalue weighted by atomic mass is 10.2. The van der Waals surface area contributed by atoms with Crippen LogP contribution in [-0.4, -0.2) is 33.6 Å². The second-order valence-electron chi connectivity index (χ2n) is 6.77. The number of fused-ring (bicyclic) bond motifs is 1. The van der Waals surface area contributed by atoms with Crippen molar-refractivity contribution in [1.29, 1.82) is 0 Å². The van der Waals surface area contributed by atoms with Crippen LogP contribution in [0.1, 0.15) is 41.6 Å². The second-order valence-corrected chi connectivity index (χ2v) is 8.62. The first kappa shape index (κ1) is 19.1. The van der Waals surface area contributed by atoms with Crippen LogP contribution in [0.25, 0.3) is 4.96 Å². The van der Waals surface area contributed by atoms with Crippen molar-refractivity contribution in [3.63, 3.8) is 0 Å². The zero-order valence-electron chi connectivity index (χ0n) is 15.2. The summed E-state index contributed by atoms with van der Waals surface area (Å²) in [6.07, 6.45) is 6.05. The normalized spacial score (nSPS) is 14.8. The zero-order valence-corrected chi connectivity index (χ0v) is 17.6. The average molecular weight is 462 g/mol. The number of anilines is 1. The molecule has 1 fully saturated rings. The minimum Gasteiger partial charge on any atom is -0.348 e. The summed E-state index contributed by atoms with van der Waals surface area (Å²) in [6, 6.07) is 7.64. The lowest BCUT2D eigenvalue weighted by molar-refractivity contribution is 0.0948. The van der Waals surface area contributed by atoms with Gasteiger partial charge in [0.25, 0.3) is 11.5 Å². The molecule has 4 rings (SSSR count). The Morgan fingerprint density at radius 3 is 2.75 bits per heavy atom. The molecule has 1 aliphatic rings. The monoisotopic (exact) mass is 461 g/mol. The van der Waals surface area contributed by atoms with Gasteiger partial charge in [-0.1, -0.05) is 52.2 Å². The fraction of sp³-hybridized carbons (Fsp3) is 0.368. The van der Waals surface area contributed by atoms with Gasteiger partial charge in [-0.05, 0) is 30.5 Å². The van der Waals surface area contributed by atoms with Crippen LogP contribution in [0.3, 0.4) is 0 Å². The van der Waals surface area contributed by atoms with Crippen LogP contribution in [0.15, 0.2) is 39.7 Å². The maximum Gasteiger partial charge on any atom is 0.288 e. The van der Waals surface area contributed by atoms with Crippen molar-refractivity contribution in [2.45, 2.75) is 32.2 Å². The first-order chi connectivity index (χ1) is 13.6. The van der Waals surface area contributed by atoms with Gasteiger partial charge in [0.15, 0.2) is 0 Å². The molecule has 0 saturated carbocycles. The highest BCUT2D eigenvalue weighted by atomic mass is 79.9. The van der Waals surface area contributed by atoms with Crippen LogP contribution >= 0.6 is 27.3 Å². The third kappa shape index (κ3) is 4.10. The van der Waals surface area contributed by atoms with Crippen LogP contribution in [0.2, 0.25) is 0 Å². The number of hydrogen-bond donors (Lipinski definition) is 1. The van der Waals surface area contributed by atoms with E-state index >= 15 is 0 Å². The molecule has 0 spiro atoms. The van der Waals surface area contributed by atoms with Gasteiger partial charge in [0.1, 0.15) is 5.56 Å². The van der Waals surface area contributed by atoms with Crippen molar-refractivity contribution >= 4 is 43.3 Å². The van der Waals surface area contributed by atoms with Crippen molar-refractivity contribution in [3.05, 3.63) is 56.4 Å². The molecular formula is C19H20BrN5O2S. The molecule has 1 amide bonds. The fourth-order valence-corrected chi connectivity index (χ4v) is 4.61. The van der Waals surface area contributed by atoms with Gasteiger partial charge in [0, 0.05) is 30.3 Å². The predicted octanol–water partition coefficient (Wildman–Crippen LogP) is 3.22. The highest BCUT2D eigenvalue weighted by Gasteiger charge is 2.19. The molecule has 3 heterocycles. The van der Waals surface area contributed by atoms with Gasteiger partial charge < -0.3 is 10.2 Å². The highest BCUT2D eigenvalue weighted by molar-refractivity contribution is 9.10. The molecule has 0 radical (unpaired) electrons. The van der Waals surface area contributed by atoms with Crippen LogP contribution in [0.5, 0.6) is 0 Å². The number of nitrogens with zero attached hydrogens (tertiary/aromatic N) is 4. The summed E-state index contributed by atoms with van der Waals surface area (Å²) in [5.41, 5.74) is 0.503. The largest absolute Gasteiger partial charge is 0.348 e. The Labute approximate surface area is 174 Å². The van der Waals surface area contributed by atoms with E-state index in [1.165, 1.54) is 34.9 Å². The number of rotatable bonds is 4. The first-order valence-electron chi connectivity index (χ1n) is 9.28. The zero-order chi connectivity index (χ0) is 19.5. The summed E-state index contributed by atoms with van der Waals surface area (Å²) >= 11 is 4.79. The van der Waals surface area contributed by atoms with Crippen molar-refractivity contribution in [3.8, 4) is 0 Å². The molecule has 28 heavy (non-hydrogen) atoms. The molecule has 1 aromatic carbocycles. The van der Waals surface area contributed by atoms with Crippen LogP contribution in [-0.2, 0) is 6.54 Å². The van der Waals surface area contributed by atoms with Gasteiger partial charge in [0.05, 0.1) is 0 Å². The number of aromatic nitrogens is 3. The number of hydrogen-bond acceptors (Lipinski definition) is 6. The van der Waals surface area contributed by atoms with Crippen LogP contribution in [0.4, 0.5) is 5.13 Å². The molecule has 0 atom stereocenters. The number of amides is 1. The fourth-order valence-electron chi connectivity index (χ4n) is 3.25. The van der Waals surface area contributed by atoms with Gasteiger partial charge in [0.2, 0.25) is 10.1 Å². The minimum absolute atomic E-state index is 0.000197. The highest BCUT2D eigenvalue weighted by Crippen LogP contribution is 2.24. The summed E-state index contributed by atoms with van der Waals surface area (Å²) in [4.78, 5) is 32.3. The van der Waals surface area contributed by atoms with Crippen molar-refractivity contribution in [1.82, 2.24) is 19.9 Å². The summed E-state index contributed by atoms with van der Waals surface area (Å²) in [5.74, 6) is -0.448. The third-order valence-corrected chi connectivity index (χ3v) is 6.22. The molecule has 146 valence electrons. The van der Waals surface area contributed by atoms with E-state index < -0.39 is 11.5 Å². The van der Waals surface area contributed by atoms with E-state index in [2.05, 4.69) is 36.2 Å². The Balaban J connectivity index is 1.55. The van der Waals surface area contributed by atoms with Gasteiger partial charge in [-0.15, -0.1) is 5.10 Å². The van der Waals surface area contributed by atoms with Crippen molar-refractivity contribution in [2.75, 3.05) is 18.0 Å². The quantitative estimate of drug-likeness (QED) is 0.644. The van der Waals surface area contributed by atoms with E-state index in [1.807, 2.05) is 24.3 Å². The van der Waals surface area contributed by atoms with Crippen LogP contribution in [0, 0.1) is 0 Å². The van der Waals surface area contributed by atoms with E-state index in [4.69, 9.17) is 0 Å². The van der Waals surface area contributed by atoms with E-state index in [0.717, 1.165) is 41.1 Å². The summed E-state index contributed by atoms with van der Waals surface area (Å²) in [7, 11) is 0. The van der Waals surface area contributed by atoms with Gasteiger partial charge in [-0.3, -0.25) is 9.59 Å². The summed E-state index contributed by atoms with van der Waals surface area (Å²) in [6.45, 7) is 2.21. The number of carbonyl (C=O) groups is 1. The number of carbonyl (C=O) groups excluding carboxylic acids is 1. The number of halogens is 1. The molecule has 1 saturated heterocycles. The Bertz CT molecular complexity index is 1060. The lowest BCUT2D eigenvalue weighted by Crippen LogP contribution is -2.31. The Hall–Kier alpha value is -2.26. The summed E-state index contributed by atoms with van der Waals surface area (Å²) < 4.78 is 2.18. The van der Waals surface area contributed by atoms with Crippen molar-refractivity contribution in [2.24, 2.45) is 0 Å². The maximum atomic E-state index is 12.8. The Morgan fingerprint density at radius 2 is 2.00 bits per heavy atom. The topological polar surface area (TPSA) is 79.6 Å². The molecule has 0 unspecified atom stereocenters. The number of nitrogens with one attached hydrogen (secondary N) is 1. The van der Waals surface area contributed by atoms with E-state index in [0.29, 0.717) is 11.5 Å². The molecule has 2 aromatic heterocycles. The van der Waals surface area contributed by atoms with E-state index in [-0.39, 0.29) is 5.56 Å². The Morgan fingerprint density at radius 1 is 1.21 bits per heavy atom. The molecule has 1 aliphatic heterocycles. The standard InChI is InChI=1S/C19H20BrN5O2S/c20-14-7-5-6-13(10-14)11-21-16(26)15-12-22-18-25(17(15)27)23-19(28-18)24-8-3-1-2-4-9-24/h5-7,10,12H,1-4,8-9,11H2,(H,21,26). The molecular weight excluding hydrogens is 442 g/mol. The van der Waals surface area contributed by atoms with Crippen LogP contribution < -0.4 is 15.8 Å².